The Kier molecular flexibility index (Phi) is 7.04. The van der Waals surface area contributed by atoms with Gasteiger partial charge in [0.1, 0.15) is 22.8 Å². The number of benzene rings is 1. The lowest BCUT2D eigenvalue weighted by Crippen LogP contribution is -2.30. The van der Waals surface area contributed by atoms with E-state index in [9.17, 15) is 26.4 Å². The summed E-state index contributed by atoms with van der Waals surface area (Å²) in [5.74, 6) is -0.479. The lowest BCUT2D eigenvalue weighted by atomic mass is 9.81. The summed E-state index contributed by atoms with van der Waals surface area (Å²) in [6, 6.07) is 3.29. The second-order valence-corrected chi connectivity index (χ2v) is 9.74. The van der Waals surface area contributed by atoms with Crippen LogP contribution in [0.4, 0.5) is 13.2 Å². The minimum Gasteiger partial charge on any atom is -0.496 e. The highest BCUT2D eigenvalue weighted by Gasteiger charge is 2.52. The van der Waals surface area contributed by atoms with Crippen LogP contribution >= 0.6 is 0 Å². The van der Waals surface area contributed by atoms with Gasteiger partial charge in [0.05, 0.1) is 14.2 Å². The molecule has 0 spiro atoms. The maximum absolute atomic E-state index is 13.3. The van der Waals surface area contributed by atoms with Crippen LogP contribution in [-0.4, -0.2) is 33.9 Å². The van der Waals surface area contributed by atoms with Gasteiger partial charge in [0, 0.05) is 11.8 Å². The van der Waals surface area contributed by atoms with Crippen molar-refractivity contribution in [2.45, 2.75) is 52.5 Å². The van der Waals surface area contributed by atoms with E-state index in [0.29, 0.717) is 12.0 Å². The quantitative estimate of drug-likeness (QED) is 0.300. The smallest absolute Gasteiger partial charge is 0.496 e. The summed E-state index contributed by atoms with van der Waals surface area (Å²) in [6.07, 6.45) is 0.319. The molecule has 1 aliphatic rings. The van der Waals surface area contributed by atoms with Crippen molar-refractivity contribution in [3.05, 3.63) is 34.6 Å². The summed E-state index contributed by atoms with van der Waals surface area (Å²) < 4.78 is 77.7. The molecule has 0 amide bonds. The van der Waals surface area contributed by atoms with E-state index in [1.807, 2.05) is 0 Å². The summed E-state index contributed by atoms with van der Waals surface area (Å²) in [5.41, 5.74) is -5.42. The number of carbonyl (C=O) groups is 1. The van der Waals surface area contributed by atoms with Gasteiger partial charge >= 0.3 is 15.6 Å². The van der Waals surface area contributed by atoms with Gasteiger partial charge in [-0.15, -0.1) is 0 Å². The van der Waals surface area contributed by atoms with Crippen LogP contribution in [0.25, 0.3) is 0 Å². The highest BCUT2D eigenvalue weighted by atomic mass is 32.2. The van der Waals surface area contributed by atoms with E-state index in [0.717, 1.165) is 5.56 Å². The van der Waals surface area contributed by atoms with Gasteiger partial charge < -0.3 is 13.7 Å². The number of ether oxygens (including phenoxy) is 2. The summed E-state index contributed by atoms with van der Waals surface area (Å²) in [4.78, 5) is 13.3. The van der Waals surface area contributed by atoms with Gasteiger partial charge in [-0.1, -0.05) is 20.8 Å². The number of rotatable bonds is 8. The Balaban J connectivity index is 2.51. The highest BCUT2D eigenvalue weighted by molar-refractivity contribution is 7.87. The monoisotopic (exact) mass is 464 g/mol. The summed E-state index contributed by atoms with van der Waals surface area (Å²) in [7, 11) is -3.08. The van der Waals surface area contributed by atoms with E-state index in [1.54, 1.807) is 32.9 Å². The third kappa shape index (κ3) is 4.99. The van der Waals surface area contributed by atoms with Crippen molar-refractivity contribution in [1.82, 2.24) is 0 Å². The standard InChI is InChI=1S/C21H27F3O6S/c1-12(2)14-7-8-20(4,19(14)30-31(26,27)21(22,23)24)11-15(25)18-16(28-5)9-13(3)10-17(18)29-6/h9-10,12H,7-8,11H2,1-6H3/t20-/m0/s1. The number of alkyl halides is 3. The van der Waals surface area contributed by atoms with Gasteiger partial charge in [0.2, 0.25) is 0 Å². The molecule has 2 rings (SSSR count). The molecule has 0 aliphatic heterocycles. The lowest BCUT2D eigenvalue weighted by molar-refractivity contribution is -0.0532. The van der Waals surface area contributed by atoms with Crippen molar-refractivity contribution < 1.29 is 40.0 Å². The number of aryl methyl sites for hydroxylation is 1. The fourth-order valence-corrected chi connectivity index (χ4v) is 4.44. The molecule has 1 aromatic rings. The maximum Gasteiger partial charge on any atom is 0.534 e. The van der Waals surface area contributed by atoms with Crippen molar-refractivity contribution >= 4 is 15.9 Å². The second-order valence-electron chi connectivity index (χ2n) is 8.20. The Morgan fingerprint density at radius 2 is 1.68 bits per heavy atom. The molecule has 10 heteroatoms. The van der Waals surface area contributed by atoms with Gasteiger partial charge in [0.15, 0.2) is 5.78 Å². The SMILES string of the molecule is COc1cc(C)cc(OC)c1C(=O)C[C@]1(C)CCC(C(C)C)=C1OS(=O)(=O)C(F)(F)F. The number of hydrogen-bond donors (Lipinski definition) is 0. The molecule has 0 fully saturated rings. The van der Waals surface area contributed by atoms with Crippen LogP contribution in [-0.2, 0) is 14.3 Å². The number of halogens is 3. The summed E-state index contributed by atoms with van der Waals surface area (Å²) >= 11 is 0. The van der Waals surface area contributed by atoms with Crippen LogP contribution in [0.15, 0.2) is 23.5 Å². The predicted molar refractivity (Wildman–Crippen MR) is 108 cm³/mol. The Hall–Kier alpha value is -2.23. The zero-order valence-electron chi connectivity index (χ0n) is 18.3. The van der Waals surface area contributed by atoms with Crippen molar-refractivity contribution in [2.75, 3.05) is 14.2 Å². The number of allylic oxidation sites excluding steroid dienone is 2. The van der Waals surface area contributed by atoms with E-state index in [1.165, 1.54) is 21.1 Å². The predicted octanol–water partition coefficient (Wildman–Crippen LogP) is 5.16. The summed E-state index contributed by atoms with van der Waals surface area (Å²) in [6.45, 7) is 6.80. The van der Waals surface area contributed by atoms with E-state index in [4.69, 9.17) is 9.47 Å². The van der Waals surface area contributed by atoms with Gasteiger partial charge in [-0.2, -0.15) is 21.6 Å². The van der Waals surface area contributed by atoms with Crippen molar-refractivity contribution in [3.63, 3.8) is 0 Å². The number of methoxy groups -OCH3 is 2. The second kappa shape index (κ2) is 8.72. The molecule has 1 aliphatic carbocycles. The molecule has 0 saturated heterocycles. The molecule has 0 unspecified atom stereocenters. The zero-order valence-corrected chi connectivity index (χ0v) is 19.2. The van der Waals surface area contributed by atoms with Crippen molar-refractivity contribution in [1.29, 1.82) is 0 Å². The largest absolute Gasteiger partial charge is 0.534 e. The molecular weight excluding hydrogens is 437 g/mol. The third-order valence-electron chi connectivity index (χ3n) is 5.44. The number of hydrogen-bond acceptors (Lipinski definition) is 6. The molecule has 0 bridgehead atoms. The summed E-state index contributed by atoms with van der Waals surface area (Å²) in [5, 5.41) is 0. The molecule has 0 radical (unpaired) electrons. The van der Waals surface area contributed by atoms with E-state index in [2.05, 4.69) is 4.18 Å². The number of carbonyl (C=O) groups excluding carboxylic acids is 1. The van der Waals surface area contributed by atoms with Crippen LogP contribution in [0.5, 0.6) is 11.5 Å². The Morgan fingerprint density at radius 3 is 2.10 bits per heavy atom. The lowest BCUT2D eigenvalue weighted by Gasteiger charge is -2.28. The number of Topliss-reactive ketones (excluding diaryl/α,β-unsaturated/α-hetero) is 1. The minimum atomic E-state index is -5.87. The molecule has 31 heavy (non-hydrogen) atoms. The van der Waals surface area contributed by atoms with Gasteiger partial charge in [0.25, 0.3) is 0 Å². The van der Waals surface area contributed by atoms with Gasteiger partial charge in [-0.3, -0.25) is 4.79 Å². The van der Waals surface area contributed by atoms with Crippen LogP contribution in [0.3, 0.4) is 0 Å². The Labute approximate surface area is 180 Å². The van der Waals surface area contributed by atoms with Crippen molar-refractivity contribution in [2.24, 2.45) is 11.3 Å². The molecule has 6 nitrogen and oxygen atoms in total. The van der Waals surface area contributed by atoms with E-state index in [-0.39, 0.29) is 41.6 Å². The minimum absolute atomic E-state index is 0.146. The first-order valence-corrected chi connectivity index (χ1v) is 11.1. The van der Waals surface area contributed by atoms with Crippen LogP contribution < -0.4 is 9.47 Å². The molecule has 1 atom stereocenters. The Bertz CT molecular complexity index is 970. The van der Waals surface area contributed by atoms with Crippen LogP contribution in [0, 0.1) is 18.3 Å². The molecule has 0 saturated carbocycles. The maximum atomic E-state index is 13.3. The molecular formula is C21H27F3O6S. The van der Waals surface area contributed by atoms with E-state index >= 15 is 0 Å². The normalized spacial score (nSPS) is 19.7. The van der Waals surface area contributed by atoms with Crippen LogP contribution in [0.2, 0.25) is 0 Å². The third-order valence-corrected chi connectivity index (χ3v) is 6.39. The average Bonchev–Trinajstić information content (AvgIpc) is 2.95. The van der Waals surface area contributed by atoms with Gasteiger partial charge in [-0.05, 0) is 49.0 Å². The first-order chi connectivity index (χ1) is 14.2. The number of ketones is 1. The van der Waals surface area contributed by atoms with Gasteiger partial charge in [-0.25, -0.2) is 0 Å². The molecule has 174 valence electrons. The molecule has 0 heterocycles. The topological polar surface area (TPSA) is 78.9 Å². The fourth-order valence-electron chi connectivity index (χ4n) is 3.82. The zero-order chi connectivity index (χ0) is 23.8. The average molecular weight is 465 g/mol. The molecule has 0 N–H and O–H groups in total. The highest BCUT2D eigenvalue weighted by Crippen LogP contribution is 2.50. The van der Waals surface area contributed by atoms with Crippen LogP contribution in [0.1, 0.15) is 56.0 Å². The Morgan fingerprint density at radius 1 is 1.16 bits per heavy atom. The van der Waals surface area contributed by atoms with E-state index < -0.39 is 26.8 Å². The first-order valence-electron chi connectivity index (χ1n) is 9.67. The molecule has 0 aromatic heterocycles. The van der Waals surface area contributed by atoms with Crippen molar-refractivity contribution in [3.8, 4) is 11.5 Å². The first kappa shape index (κ1) is 25.0. The molecule has 1 aromatic carbocycles. The fraction of sp³-hybridized carbons (Fsp3) is 0.571.